The van der Waals surface area contributed by atoms with E-state index in [0.717, 1.165) is 47.1 Å². The molecule has 0 heterocycles. The number of carboxylic acids is 2. The summed E-state index contributed by atoms with van der Waals surface area (Å²) < 4.78 is 0. The summed E-state index contributed by atoms with van der Waals surface area (Å²) in [5, 5.41) is 41.0. The van der Waals surface area contributed by atoms with Gasteiger partial charge < -0.3 is 20.4 Å². The molecule has 0 spiro atoms. The summed E-state index contributed by atoms with van der Waals surface area (Å²) in [5.41, 5.74) is 6.99. The zero-order valence-electron chi connectivity index (χ0n) is 24.2. The first-order valence-electron chi connectivity index (χ1n) is 14.4. The second kappa shape index (κ2) is 9.48. The molecule has 0 aliphatic heterocycles. The third-order valence-electron chi connectivity index (χ3n) is 10.0. The Balaban J connectivity index is 1.81. The molecule has 0 saturated heterocycles. The Morgan fingerprint density at radius 1 is 0.786 bits per heavy atom. The van der Waals surface area contributed by atoms with Gasteiger partial charge in [0.2, 0.25) is 0 Å². The molecular weight excluding hydrogens is 528 g/mol. The number of phenols is 2. The smallest absolute Gasteiger partial charge is 0.339 e. The van der Waals surface area contributed by atoms with Gasteiger partial charge in [0, 0.05) is 0 Å². The average molecular weight is 563 g/mol. The molecule has 6 heteroatoms. The fraction of sp³-hybridized carbons (Fsp3) is 0.278. The van der Waals surface area contributed by atoms with Crippen molar-refractivity contribution in [2.75, 3.05) is 0 Å². The predicted molar refractivity (Wildman–Crippen MR) is 161 cm³/mol. The van der Waals surface area contributed by atoms with Gasteiger partial charge in [-0.1, -0.05) is 70.2 Å². The molecule has 4 N–H and O–H groups in total. The van der Waals surface area contributed by atoms with Crippen LogP contribution in [-0.2, 0) is 17.3 Å². The van der Waals surface area contributed by atoms with Crippen molar-refractivity contribution in [3.63, 3.8) is 0 Å². The van der Waals surface area contributed by atoms with Crippen LogP contribution in [0.2, 0.25) is 0 Å². The van der Waals surface area contributed by atoms with Crippen LogP contribution in [-0.4, -0.2) is 32.4 Å². The van der Waals surface area contributed by atoms with Crippen molar-refractivity contribution >= 4 is 11.9 Å². The number of hydrogen-bond acceptors (Lipinski definition) is 4. The maximum atomic E-state index is 12.3. The maximum absolute atomic E-state index is 12.3. The van der Waals surface area contributed by atoms with Gasteiger partial charge in [-0.15, -0.1) is 0 Å². The van der Waals surface area contributed by atoms with Crippen molar-refractivity contribution in [3.05, 3.63) is 117 Å². The van der Waals surface area contributed by atoms with Crippen molar-refractivity contribution in [1.82, 2.24) is 0 Å². The topological polar surface area (TPSA) is 115 Å². The highest BCUT2D eigenvalue weighted by molar-refractivity contribution is 5.94. The number of benzene rings is 4. The third kappa shape index (κ3) is 3.71. The van der Waals surface area contributed by atoms with Crippen molar-refractivity contribution in [2.45, 2.75) is 63.7 Å². The van der Waals surface area contributed by atoms with Crippen LogP contribution >= 0.6 is 0 Å². The van der Waals surface area contributed by atoms with Gasteiger partial charge in [-0.05, 0) is 105 Å². The van der Waals surface area contributed by atoms with Crippen LogP contribution in [0.4, 0.5) is 0 Å². The molecule has 0 fully saturated rings. The lowest BCUT2D eigenvalue weighted by molar-refractivity contribution is 0.0682. The molecule has 0 radical (unpaired) electrons. The molecule has 0 amide bonds. The fourth-order valence-electron chi connectivity index (χ4n) is 7.08. The first-order valence-corrected chi connectivity index (χ1v) is 14.4. The first-order chi connectivity index (χ1) is 20.0. The summed E-state index contributed by atoms with van der Waals surface area (Å²) in [4.78, 5) is 24.5. The molecule has 1 atom stereocenters. The van der Waals surface area contributed by atoms with Crippen LogP contribution in [0.15, 0.2) is 66.7 Å². The molecule has 0 aromatic heterocycles. The van der Waals surface area contributed by atoms with Gasteiger partial charge in [0.05, 0.1) is 5.41 Å². The lowest BCUT2D eigenvalue weighted by atomic mass is 9.65. The molecule has 214 valence electrons. The summed E-state index contributed by atoms with van der Waals surface area (Å²) in [6.45, 7) is 8.74. The molecule has 2 aliphatic rings. The third-order valence-corrected chi connectivity index (χ3v) is 10.0. The standard InChI is InChI=1S/C36H34O6/c1-5-35(4,6-2)21-7-10-24-26-14-20-13-19(3)25(20)18-30(26)36(29(24)17-21,22-8-11-31(37)27(15-22)33(39)40)23-9-12-32(38)28(16-23)34(41)42/h7-12,14-19,37-38H,5-6,13H2,1-4H3,(H,39,40)(H,41,42). The quantitative estimate of drug-likeness (QED) is 0.162. The molecule has 0 saturated carbocycles. The Labute approximate surface area is 244 Å². The van der Waals surface area contributed by atoms with E-state index in [2.05, 4.69) is 58.0 Å². The van der Waals surface area contributed by atoms with Gasteiger partial charge in [0.15, 0.2) is 0 Å². The number of carbonyl (C=O) groups is 2. The van der Waals surface area contributed by atoms with Gasteiger partial charge in [-0.2, -0.15) is 0 Å². The van der Waals surface area contributed by atoms with Crippen LogP contribution in [0.25, 0.3) is 11.1 Å². The van der Waals surface area contributed by atoms with E-state index in [1.807, 2.05) is 0 Å². The minimum Gasteiger partial charge on any atom is -0.507 e. The summed E-state index contributed by atoms with van der Waals surface area (Å²) in [6.07, 6.45) is 2.80. The highest BCUT2D eigenvalue weighted by Gasteiger charge is 2.48. The second-order valence-electron chi connectivity index (χ2n) is 12.1. The number of aromatic hydroxyl groups is 2. The van der Waals surface area contributed by atoms with E-state index < -0.39 is 17.4 Å². The summed E-state index contributed by atoms with van der Waals surface area (Å²) in [5.74, 6) is -2.86. The summed E-state index contributed by atoms with van der Waals surface area (Å²) >= 11 is 0. The Hall–Kier alpha value is -4.58. The predicted octanol–water partition coefficient (Wildman–Crippen LogP) is 7.59. The highest BCUT2D eigenvalue weighted by atomic mass is 16.4. The number of rotatable bonds is 7. The van der Waals surface area contributed by atoms with E-state index in [1.165, 1.54) is 35.4 Å². The number of hydrogen-bond donors (Lipinski definition) is 4. The molecule has 4 aromatic carbocycles. The molecule has 0 bridgehead atoms. The highest BCUT2D eigenvalue weighted by Crippen LogP contribution is 2.59. The van der Waals surface area contributed by atoms with Crippen LogP contribution < -0.4 is 0 Å². The Kier molecular flexibility index (Phi) is 6.23. The number of aromatic carboxylic acids is 2. The van der Waals surface area contributed by atoms with Crippen LogP contribution in [0.5, 0.6) is 11.5 Å². The Morgan fingerprint density at radius 3 is 1.83 bits per heavy atom. The average Bonchev–Trinajstić information content (AvgIpc) is 3.25. The lowest BCUT2D eigenvalue weighted by Crippen LogP contribution is -2.31. The molecule has 4 aromatic rings. The summed E-state index contributed by atoms with van der Waals surface area (Å²) in [7, 11) is 0. The maximum Gasteiger partial charge on any atom is 0.339 e. The Bertz CT molecular complexity index is 1730. The van der Waals surface area contributed by atoms with Crippen molar-refractivity contribution in [3.8, 4) is 22.6 Å². The van der Waals surface area contributed by atoms with E-state index in [-0.39, 0.29) is 28.0 Å². The van der Waals surface area contributed by atoms with Crippen LogP contribution in [0.1, 0.15) is 106 Å². The molecule has 42 heavy (non-hydrogen) atoms. The van der Waals surface area contributed by atoms with Gasteiger partial charge in [0.25, 0.3) is 0 Å². The zero-order chi connectivity index (χ0) is 30.1. The monoisotopic (exact) mass is 562 g/mol. The van der Waals surface area contributed by atoms with Crippen LogP contribution in [0.3, 0.4) is 0 Å². The molecule has 6 rings (SSSR count). The van der Waals surface area contributed by atoms with Gasteiger partial charge >= 0.3 is 11.9 Å². The molecule has 1 unspecified atom stereocenters. The van der Waals surface area contributed by atoms with E-state index in [4.69, 9.17) is 0 Å². The minimum atomic E-state index is -1.26. The second-order valence-corrected chi connectivity index (χ2v) is 12.1. The van der Waals surface area contributed by atoms with Crippen molar-refractivity contribution < 1.29 is 30.0 Å². The normalized spacial score (nSPS) is 16.2. The molecular formula is C36H34O6. The number of fused-ring (bicyclic) bond motifs is 4. The minimum absolute atomic E-state index is 0.114. The van der Waals surface area contributed by atoms with E-state index in [1.54, 1.807) is 12.1 Å². The molecule has 6 nitrogen and oxygen atoms in total. The van der Waals surface area contributed by atoms with E-state index in [0.29, 0.717) is 17.0 Å². The zero-order valence-corrected chi connectivity index (χ0v) is 24.2. The SMILES string of the molecule is CCC(C)(CC)c1ccc2c(c1)C(c1ccc(O)c(C(=O)O)c1)(c1ccc(O)c(C(=O)O)c1)c1cc3c(cc1-2)CC3C. The summed E-state index contributed by atoms with van der Waals surface area (Å²) in [6, 6.07) is 20.2. The van der Waals surface area contributed by atoms with E-state index >= 15 is 0 Å². The number of carboxylic acid groups (broad SMARTS) is 2. The van der Waals surface area contributed by atoms with Crippen LogP contribution in [0, 0.1) is 0 Å². The fourth-order valence-corrected chi connectivity index (χ4v) is 7.08. The van der Waals surface area contributed by atoms with E-state index in [9.17, 15) is 30.0 Å². The van der Waals surface area contributed by atoms with Gasteiger partial charge in [-0.3, -0.25) is 0 Å². The van der Waals surface area contributed by atoms with Gasteiger partial charge in [-0.25, -0.2) is 9.59 Å². The first kappa shape index (κ1) is 27.6. The van der Waals surface area contributed by atoms with Gasteiger partial charge in [0.1, 0.15) is 22.6 Å². The van der Waals surface area contributed by atoms with Crippen molar-refractivity contribution in [1.29, 1.82) is 0 Å². The molecule has 2 aliphatic carbocycles. The Morgan fingerprint density at radius 2 is 1.33 bits per heavy atom. The van der Waals surface area contributed by atoms with Crippen molar-refractivity contribution in [2.24, 2.45) is 0 Å². The lowest BCUT2D eigenvalue weighted by Gasteiger charge is -2.37. The largest absolute Gasteiger partial charge is 0.507 e.